The van der Waals surface area contributed by atoms with Crippen LogP contribution >= 0.6 is 0 Å². The van der Waals surface area contributed by atoms with E-state index in [-0.39, 0.29) is 28.2 Å². The summed E-state index contributed by atoms with van der Waals surface area (Å²) in [6, 6.07) is 3.12. The molecule has 0 aliphatic carbocycles. The predicted octanol–water partition coefficient (Wildman–Crippen LogP) is 1.13. The first-order valence-electron chi connectivity index (χ1n) is 5.62. The summed E-state index contributed by atoms with van der Waals surface area (Å²) in [7, 11) is -2.61. The molecular formula is C10H11N5O5S. The Bertz CT molecular complexity index is 785. The summed E-state index contributed by atoms with van der Waals surface area (Å²) in [4.78, 5) is 9.79. The average Bonchev–Trinajstić information content (AvgIpc) is 2.82. The van der Waals surface area contributed by atoms with Crippen LogP contribution in [0.1, 0.15) is 5.89 Å². The monoisotopic (exact) mass is 313 g/mol. The van der Waals surface area contributed by atoms with Gasteiger partial charge in [0.15, 0.2) is 0 Å². The third-order valence-electron chi connectivity index (χ3n) is 2.48. The van der Waals surface area contributed by atoms with Crippen LogP contribution in [0.15, 0.2) is 27.5 Å². The molecule has 0 bridgehead atoms. The predicted molar refractivity (Wildman–Crippen MR) is 72.5 cm³/mol. The van der Waals surface area contributed by atoms with Crippen molar-refractivity contribution in [3.05, 3.63) is 34.2 Å². The van der Waals surface area contributed by atoms with Crippen LogP contribution in [-0.4, -0.2) is 30.6 Å². The van der Waals surface area contributed by atoms with Crippen LogP contribution in [0.4, 0.5) is 17.4 Å². The molecule has 1 aromatic carbocycles. The van der Waals surface area contributed by atoms with Crippen molar-refractivity contribution in [1.29, 1.82) is 0 Å². The average molecular weight is 313 g/mol. The normalized spacial score (nSPS) is 11.1. The molecule has 2 rings (SSSR count). The van der Waals surface area contributed by atoms with E-state index in [0.717, 1.165) is 6.07 Å². The molecule has 11 heteroatoms. The summed E-state index contributed by atoms with van der Waals surface area (Å²) in [6.45, 7) is 1.50. The first-order valence-corrected chi connectivity index (χ1v) is 7.11. The first-order chi connectivity index (χ1) is 9.83. The van der Waals surface area contributed by atoms with E-state index in [0.29, 0.717) is 0 Å². The zero-order valence-corrected chi connectivity index (χ0v) is 11.8. The van der Waals surface area contributed by atoms with E-state index in [4.69, 9.17) is 4.42 Å². The fourth-order valence-corrected chi connectivity index (χ4v) is 2.72. The number of aromatic nitrogens is 2. The Hall–Kier alpha value is -2.69. The van der Waals surface area contributed by atoms with Gasteiger partial charge in [0.2, 0.25) is 5.89 Å². The molecule has 2 N–H and O–H groups in total. The molecule has 0 saturated carbocycles. The van der Waals surface area contributed by atoms with Gasteiger partial charge in [-0.15, -0.1) is 5.10 Å². The molecule has 1 aromatic heterocycles. The van der Waals surface area contributed by atoms with Gasteiger partial charge < -0.3 is 9.73 Å². The number of sulfonamides is 1. The Morgan fingerprint density at radius 3 is 2.57 bits per heavy atom. The number of nitrogens with zero attached hydrogens (tertiary/aromatic N) is 3. The second-order valence-electron chi connectivity index (χ2n) is 3.92. The maximum Gasteiger partial charge on any atom is 0.329 e. The van der Waals surface area contributed by atoms with Crippen molar-refractivity contribution in [3.63, 3.8) is 0 Å². The summed E-state index contributed by atoms with van der Waals surface area (Å²) >= 11 is 0. The Morgan fingerprint density at radius 1 is 1.33 bits per heavy atom. The van der Waals surface area contributed by atoms with Crippen LogP contribution in [-0.2, 0) is 10.0 Å². The minimum Gasteiger partial charge on any atom is -0.408 e. The number of benzene rings is 1. The van der Waals surface area contributed by atoms with E-state index >= 15 is 0 Å². The maximum absolute atomic E-state index is 12.3. The van der Waals surface area contributed by atoms with Gasteiger partial charge in [0.25, 0.3) is 15.7 Å². The Kier molecular flexibility index (Phi) is 3.76. The van der Waals surface area contributed by atoms with Gasteiger partial charge in [0.05, 0.1) is 10.6 Å². The van der Waals surface area contributed by atoms with Gasteiger partial charge in [0.1, 0.15) is 4.90 Å². The number of nitro groups is 1. The molecular weight excluding hydrogens is 302 g/mol. The summed E-state index contributed by atoms with van der Waals surface area (Å²) < 4.78 is 31.5. The van der Waals surface area contributed by atoms with Crippen LogP contribution in [0.25, 0.3) is 0 Å². The molecule has 0 aliphatic rings. The number of non-ortho nitro benzene ring substituents is 1. The van der Waals surface area contributed by atoms with Gasteiger partial charge in [-0.05, 0) is 6.07 Å². The van der Waals surface area contributed by atoms with Crippen molar-refractivity contribution in [3.8, 4) is 0 Å². The van der Waals surface area contributed by atoms with Crippen LogP contribution in [0.3, 0.4) is 0 Å². The minimum absolute atomic E-state index is 0.181. The second-order valence-corrected chi connectivity index (χ2v) is 5.57. The Morgan fingerprint density at radius 2 is 2.05 bits per heavy atom. The molecule has 0 spiro atoms. The number of nitrogens with one attached hydrogen (secondary N) is 2. The summed E-state index contributed by atoms with van der Waals surface area (Å²) in [5.74, 6) is 0.181. The number of hydrogen-bond acceptors (Lipinski definition) is 8. The van der Waals surface area contributed by atoms with E-state index in [1.54, 1.807) is 0 Å². The fourth-order valence-electron chi connectivity index (χ4n) is 1.56. The van der Waals surface area contributed by atoms with E-state index in [1.807, 2.05) is 0 Å². The summed E-state index contributed by atoms with van der Waals surface area (Å²) in [5.41, 5.74) is -0.152. The highest BCUT2D eigenvalue weighted by Gasteiger charge is 2.23. The highest BCUT2D eigenvalue weighted by atomic mass is 32.2. The molecule has 0 saturated heterocycles. The zero-order chi connectivity index (χ0) is 15.6. The largest absolute Gasteiger partial charge is 0.408 e. The van der Waals surface area contributed by atoms with E-state index in [1.165, 1.54) is 26.1 Å². The molecule has 0 fully saturated rings. The van der Waals surface area contributed by atoms with Crippen molar-refractivity contribution in [1.82, 2.24) is 10.2 Å². The van der Waals surface area contributed by atoms with Gasteiger partial charge in [-0.2, -0.15) is 0 Å². The summed E-state index contributed by atoms with van der Waals surface area (Å²) in [5, 5.41) is 20.4. The standard InChI is InChI=1S/C10H11N5O5S/c1-6-12-13-10(20-6)14-21(18,19)9-5-7(15(16)17)3-4-8(9)11-2/h3-5,11H,1-2H3,(H,13,14). The number of anilines is 2. The number of nitro benzene ring substituents is 1. The molecule has 0 atom stereocenters. The van der Waals surface area contributed by atoms with Crippen molar-refractivity contribution >= 4 is 27.4 Å². The van der Waals surface area contributed by atoms with E-state index in [2.05, 4.69) is 20.2 Å². The van der Waals surface area contributed by atoms with Gasteiger partial charge in [-0.1, -0.05) is 5.10 Å². The molecule has 10 nitrogen and oxygen atoms in total. The lowest BCUT2D eigenvalue weighted by atomic mass is 10.3. The van der Waals surface area contributed by atoms with Crippen LogP contribution < -0.4 is 10.0 Å². The SMILES string of the molecule is CNc1ccc([N+](=O)[O-])cc1S(=O)(=O)Nc1nnc(C)o1. The lowest BCUT2D eigenvalue weighted by Crippen LogP contribution is -2.15. The van der Waals surface area contributed by atoms with Crippen LogP contribution in [0.2, 0.25) is 0 Å². The van der Waals surface area contributed by atoms with Crippen LogP contribution in [0.5, 0.6) is 0 Å². The minimum atomic E-state index is -4.11. The summed E-state index contributed by atoms with van der Waals surface area (Å²) in [6.07, 6.45) is 0. The molecule has 21 heavy (non-hydrogen) atoms. The molecule has 2 aromatic rings. The molecule has 1 heterocycles. The second kappa shape index (κ2) is 5.36. The quantitative estimate of drug-likeness (QED) is 0.618. The van der Waals surface area contributed by atoms with Gasteiger partial charge in [-0.25, -0.2) is 13.1 Å². The number of aryl methyl sites for hydroxylation is 1. The molecule has 0 amide bonds. The molecule has 0 aliphatic heterocycles. The smallest absolute Gasteiger partial charge is 0.329 e. The lowest BCUT2D eigenvalue weighted by Gasteiger charge is -2.09. The molecule has 0 radical (unpaired) electrons. The van der Waals surface area contributed by atoms with Gasteiger partial charge in [0, 0.05) is 26.1 Å². The highest BCUT2D eigenvalue weighted by Crippen LogP contribution is 2.27. The third kappa shape index (κ3) is 3.08. The van der Waals surface area contributed by atoms with Crippen molar-refractivity contribution in [2.45, 2.75) is 11.8 Å². The first kappa shape index (κ1) is 14.7. The topological polar surface area (TPSA) is 140 Å². The van der Waals surface area contributed by atoms with Crippen molar-refractivity contribution in [2.24, 2.45) is 0 Å². The van der Waals surface area contributed by atoms with Gasteiger partial charge in [-0.3, -0.25) is 10.1 Å². The third-order valence-corrected chi connectivity index (χ3v) is 3.84. The van der Waals surface area contributed by atoms with Crippen molar-refractivity contribution < 1.29 is 17.8 Å². The Labute approximate surface area is 119 Å². The Balaban J connectivity index is 2.47. The number of hydrogen-bond donors (Lipinski definition) is 2. The van der Waals surface area contributed by atoms with Crippen LogP contribution in [0, 0.1) is 17.0 Å². The molecule has 112 valence electrons. The zero-order valence-electron chi connectivity index (χ0n) is 11.0. The maximum atomic E-state index is 12.3. The highest BCUT2D eigenvalue weighted by molar-refractivity contribution is 7.92. The lowest BCUT2D eigenvalue weighted by molar-refractivity contribution is -0.385. The number of rotatable bonds is 5. The van der Waals surface area contributed by atoms with Crippen molar-refractivity contribution in [2.75, 3.05) is 17.1 Å². The van der Waals surface area contributed by atoms with Gasteiger partial charge >= 0.3 is 6.01 Å². The van der Waals surface area contributed by atoms with E-state index in [9.17, 15) is 18.5 Å². The van der Waals surface area contributed by atoms with E-state index < -0.39 is 14.9 Å². The molecule has 0 unspecified atom stereocenters. The fraction of sp³-hybridized carbons (Fsp3) is 0.200.